The van der Waals surface area contributed by atoms with Crippen molar-refractivity contribution in [3.05, 3.63) is 40.5 Å². The number of carboxylic acids is 1. The Morgan fingerprint density at radius 1 is 1.26 bits per heavy atom. The van der Waals surface area contributed by atoms with Gasteiger partial charge in [-0.15, -0.1) is 11.3 Å². The van der Waals surface area contributed by atoms with E-state index in [1.54, 1.807) is 23.6 Å². The highest BCUT2D eigenvalue weighted by molar-refractivity contribution is 7.09. The van der Waals surface area contributed by atoms with E-state index in [-0.39, 0.29) is 25.3 Å². The molecule has 3 N–H and O–H groups in total. The van der Waals surface area contributed by atoms with Crippen molar-refractivity contribution in [1.29, 1.82) is 0 Å². The third kappa shape index (κ3) is 5.33. The third-order valence-corrected chi connectivity index (χ3v) is 3.80. The summed E-state index contributed by atoms with van der Waals surface area (Å²) in [6.07, 6.45) is 0.385. The molecule has 0 aliphatic heterocycles. The Kier molecular flexibility index (Phi) is 6.04. The number of carboxylic acid groups (broad SMARTS) is 1. The Morgan fingerprint density at radius 3 is 2.78 bits per heavy atom. The summed E-state index contributed by atoms with van der Waals surface area (Å²) in [5.74, 6) is -1.23. The van der Waals surface area contributed by atoms with Gasteiger partial charge in [0.15, 0.2) is 0 Å². The molecule has 6 nitrogen and oxygen atoms in total. The Morgan fingerprint density at radius 2 is 2.04 bits per heavy atom. The van der Waals surface area contributed by atoms with Crippen molar-refractivity contribution >= 4 is 23.3 Å². The Labute approximate surface area is 136 Å². The summed E-state index contributed by atoms with van der Waals surface area (Å²) < 4.78 is 13.7. The Bertz CT molecular complexity index is 690. The van der Waals surface area contributed by atoms with Gasteiger partial charge in [-0.25, -0.2) is 14.2 Å². The van der Waals surface area contributed by atoms with E-state index in [1.807, 2.05) is 0 Å². The average molecular weight is 337 g/mol. The molecule has 1 aromatic heterocycles. The van der Waals surface area contributed by atoms with Gasteiger partial charge in [-0.05, 0) is 18.6 Å². The van der Waals surface area contributed by atoms with Gasteiger partial charge in [-0.1, -0.05) is 12.1 Å². The van der Waals surface area contributed by atoms with Crippen LogP contribution in [-0.2, 0) is 11.3 Å². The van der Waals surface area contributed by atoms with Gasteiger partial charge in [-0.2, -0.15) is 0 Å². The number of carbonyl (C=O) groups excluding carboxylic acids is 1. The summed E-state index contributed by atoms with van der Waals surface area (Å²) in [6, 6.07) is 5.98. The molecule has 2 aromatic rings. The highest BCUT2D eigenvalue weighted by Gasteiger charge is 2.09. The number of hydrogen-bond donors (Lipinski definition) is 3. The maximum atomic E-state index is 13.7. The molecule has 0 radical (unpaired) electrons. The lowest BCUT2D eigenvalue weighted by atomic mass is 10.2. The molecule has 0 saturated heterocycles. The fourth-order valence-corrected chi connectivity index (χ4v) is 2.58. The lowest BCUT2D eigenvalue weighted by Crippen LogP contribution is -2.35. The van der Waals surface area contributed by atoms with Crippen molar-refractivity contribution in [3.8, 4) is 11.3 Å². The molecular formula is C15H16FN3O3S. The van der Waals surface area contributed by atoms with Crippen LogP contribution < -0.4 is 10.6 Å². The highest BCUT2D eigenvalue weighted by atomic mass is 32.1. The first-order valence-electron chi connectivity index (χ1n) is 6.99. The molecule has 0 bridgehead atoms. The van der Waals surface area contributed by atoms with Crippen LogP contribution in [-0.4, -0.2) is 28.6 Å². The summed E-state index contributed by atoms with van der Waals surface area (Å²) in [4.78, 5) is 26.2. The van der Waals surface area contributed by atoms with Gasteiger partial charge in [0.1, 0.15) is 10.8 Å². The molecule has 0 aliphatic rings. The zero-order valence-electron chi connectivity index (χ0n) is 12.2. The fraction of sp³-hybridized carbons (Fsp3) is 0.267. The van der Waals surface area contributed by atoms with Crippen molar-refractivity contribution in [3.63, 3.8) is 0 Å². The van der Waals surface area contributed by atoms with E-state index < -0.39 is 12.0 Å². The fourth-order valence-electron chi connectivity index (χ4n) is 1.84. The molecule has 0 aliphatic carbocycles. The number of aliphatic carboxylic acids is 1. The zero-order chi connectivity index (χ0) is 16.7. The van der Waals surface area contributed by atoms with Crippen LogP contribution in [0.1, 0.15) is 17.8 Å². The maximum Gasteiger partial charge on any atom is 0.315 e. The van der Waals surface area contributed by atoms with Crippen LogP contribution >= 0.6 is 11.3 Å². The monoisotopic (exact) mass is 337 g/mol. The second-order valence-corrected chi connectivity index (χ2v) is 5.66. The summed E-state index contributed by atoms with van der Waals surface area (Å²) in [5, 5.41) is 16.1. The number of nitrogens with zero attached hydrogens (tertiary/aromatic N) is 1. The third-order valence-electron chi connectivity index (χ3n) is 2.95. The number of rotatable bonds is 7. The summed E-state index contributed by atoms with van der Waals surface area (Å²) in [6.45, 7) is 0.514. The number of thiazole rings is 1. The zero-order valence-corrected chi connectivity index (χ0v) is 13.0. The molecule has 2 rings (SSSR count). The smallest absolute Gasteiger partial charge is 0.315 e. The van der Waals surface area contributed by atoms with Crippen molar-refractivity contribution in [2.75, 3.05) is 6.54 Å². The minimum atomic E-state index is -0.893. The van der Waals surface area contributed by atoms with Crippen LogP contribution in [0.25, 0.3) is 11.3 Å². The molecule has 23 heavy (non-hydrogen) atoms. The predicted octanol–water partition coefficient (Wildman–Crippen LogP) is 2.61. The minimum absolute atomic E-state index is 0.0127. The molecule has 1 aromatic carbocycles. The first-order chi connectivity index (χ1) is 11.1. The van der Waals surface area contributed by atoms with Crippen LogP contribution in [0, 0.1) is 5.82 Å². The lowest BCUT2D eigenvalue weighted by molar-refractivity contribution is -0.137. The first kappa shape index (κ1) is 16.9. The summed E-state index contributed by atoms with van der Waals surface area (Å²) in [5.41, 5.74) is 0.958. The van der Waals surface area contributed by atoms with Gasteiger partial charge in [0, 0.05) is 23.9 Å². The van der Waals surface area contributed by atoms with E-state index in [4.69, 9.17) is 5.11 Å². The normalized spacial score (nSPS) is 10.3. The number of nitrogens with one attached hydrogen (secondary N) is 2. The number of benzene rings is 1. The Hall–Kier alpha value is -2.48. The Balaban J connectivity index is 1.80. The molecule has 8 heteroatoms. The molecule has 0 fully saturated rings. The van der Waals surface area contributed by atoms with Crippen molar-refractivity contribution in [2.24, 2.45) is 0 Å². The average Bonchev–Trinajstić information content (AvgIpc) is 2.98. The molecule has 0 saturated carbocycles. The minimum Gasteiger partial charge on any atom is -0.481 e. The van der Waals surface area contributed by atoms with Crippen molar-refractivity contribution in [1.82, 2.24) is 15.6 Å². The first-order valence-corrected chi connectivity index (χ1v) is 7.87. The van der Waals surface area contributed by atoms with Gasteiger partial charge < -0.3 is 15.7 Å². The number of hydrogen-bond acceptors (Lipinski definition) is 4. The van der Waals surface area contributed by atoms with E-state index in [1.165, 1.54) is 17.4 Å². The van der Waals surface area contributed by atoms with Crippen LogP contribution in [0.5, 0.6) is 0 Å². The van der Waals surface area contributed by atoms with E-state index in [2.05, 4.69) is 15.6 Å². The van der Waals surface area contributed by atoms with Crippen LogP contribution in [0.15, 0.2) is 29.6 Å². The SMILES string of the molecule is O=C(O)CCCNC(=O)NCc1nc(-c2ccccc2F)cs1. The van der Waals surface area contributed by atoms with Crippen molar-refractivity contribution in [2.45, 2.75) is 19.4 Å². The number of amides is 2. The van der Waals surface area contributed by atoms with Gasteiger partial charge in [0.2, 0.25) is 0 Å². The van der Waals surface area contributed by atoms with Crippen LogP contribution in [0.4, 0.5) is 9.18 Å². The van der Waals surface area contributed by atoms with E-state index in [0.29, 0.717) is 22.7 Å². The molecule has 122 valence electrons. The summed E-state index contributed by atoms with van der Waals surface area (Å²) >= 11 is 1.33. The second kappa shape index (κ2) is 8.23. The molecule has 2 amide bonds. The summed E-state index contributed by atoms with van der Waals surface area (Å²) in [7, 11) is 0. The van der Waals surface area contributed by atoms with E-state index in [9.17, 15) is 14.0 Å². The number of halogens is 1. The van der Waals surface area contributed by atoms with Gasteiger partial charge in [-0.3, -0.25) is 4.79 Å². The van der Waals surface area contributed by atoms with Crippen molar-refractivity contribution < 1.29 is 19.1 Å². The molecule has 0 atom stereocenters. The maximum absolute atomic E-state index is 13.7. The lowest BCUT2D eigenvalue weighted by Gasteiger charge is -2.05. The van der Waals surface area contributed by atoms with Crippen LogP contribution in [0.2, 0.25) is 0 Å². The predicted molar refractivity (Wildman–Crippen MR) is 84.6 cm³/mol. The van der Waals surface area contributed by atoms with E-state index >= 15 is 0 Å². The van der Waals surface area contributed by atoms with Gasteiger partial charge in [0.05, 0.1) is 12.2 Å². The topological polar surface area (TPSA) is 91.3 Å². The van der Waals surface area contributed by atoms with E-state index in [0.717, 1.165) is 0 Å². The van der Waals surface area contributed by atoms with Gasteiger partial charge in [0.25, 0.3) is 0 Å². The molecular weight excluding hydrogens is 321 g/mol. The highest BCUT2D eigenvalue weighted by Crippen LogP contribution is 2.24. The van der Waals surface area contributed by atoms with Crippen LogP contribution in [0.3, 0.4) is 0 Å². The standard InChI is InChI=1S/C15H16FN3O3S/c16-11-5-2-1-4-10(11)12-9-23-13(19-12)8-18-15(22)17-7-3-6-14(20)21/h1-2,4-5,9H,3,6-8H2,(H,20,21)(H2,17,18,22). The number of carbonyl (C=O) groups is 2. The number of aromatic nitrogens is 1. The second-order valence-electron chi connectivity index (χ2n) is 4.71. The molecule has 0 unspecified atom stereocenters. The quantitative estimate of drug-likeness (QED) is 0.677. The van der Waals surface area contributed by atoms with Gasteiger partial charge >= 0.3 is 12.0 Å². The molecule has 0 spiro atoms. The molecule has 1 heterocycles. The largest absolute Gasteiger partial charge is 0.481 e. The number of urea groups is 1.